The van der Waals surface area contributed by atoms with Gasteiger partial charge in [0.25, 0.3) is 0 Å². The van der Waals surface area contributed by atoms with Crippen LogP contribution >= 0.6 is 0 Å². The van der Waals surface area contributed by atoms with Gasteiger partial charge in [0.1, 0.15) is 0 Å². The van der Waals surface area contributed by atoms with Gasteiger partial charge < -0.3 is 9.84 Å². The molecule has 0 aromatic carbocycles. The van der Waals surface area contributed by atoms with E-state index in [0.29, 0.717) is 13.0 Å². The Morgan fingerprint density at radius 1 is 0.581 bits per heavy atom. The monoisotopic (exact) mass is 440 g/mol. The van der Waals surface area contributed by atoms with Gasteiger partial charge in [0.05, 0.1) is 12.7 Å². The van der Waals surface area contributed by atoms with E-state index in [1.807, 2.05) is 0 Å². The van der Waals surface area contributed by atoms with Gasteiger partial charge in [-0.05, 0) is 25.7 Å². The van der Waals surface area contributed by atoms with Crippen LogP contribution in [-0.2, 0) is 9.53 Å². The molecule has 3 nitrogen and oxygen atoms in total. The lowest BCUT2D eigenvalue weighted by molar-refractivity contribution is -0.143. The van der Waals surface area contributed by atoms with Crippen LogP contribution in [0.4, 0.5) is 0 Å². The second-order valence-electron chi connectivity index (χ2n) is 9.57. The quantitative estimate of drug-likeness (QED) is 0.114. The Bertz CT molecular complexity index is 356. The van der Waals surface area contributed by atoms with Gasteiger partial charge in [-0.1, -0.05) is 129 Å². The number of hydrogen-bond acceptors (Lipinski definition) is 3. The highest BCUT2D eigenvalue weighted by Crippen LogP contribution is 2.14. The zero-order chi connectivity index (χ0) is 22.8. The molecule has 0 radical (unpaired) electrons. The van der Waals surface area contributed by atoms with Gasteiger partial charge in [-0.2, -0.15) is 0 Å². The summed E-state index contributed by atoms with van der Waals surface area (Å²) in [7, 11) is 0. The minimum Gasteiger partial charge on any atom is -0.466 e. The zero-order valence-corrected chi connectivity index (χ0v) is 21.3. The van der Waals surface area contributed by atoms with Gasteiger partial charge in [-0.15, -0.1) is 0 Å². The summed E-state index contributed by atoms with van der Waals surface area (Å²) in [6.45, 7) is 5.09. The summed E-state index contributed by atoms with van der Waals surface area (Å²) in [5, 5.41) is 9.98. The number of aliphatic hydroxyl groups is 1. The van der Waals surface area contributed by atoms with Crippen molar-refractivity contribution in [2.24, 2.45) is 0 Å². The van der Waals surface area contributed by atoms with Crippen molar-refractivity contribution in [3.63, 3.8) is 0 Å². The molecular weight excluding hydrogens is 384 g/mol. The van der Waals surface area contributed by atoms with E-state index in [-0.39, 0.29) is 12.1 Å². The standard InChI is InChI=1S/C28H56O3/c1-3-5-7-9-10-15-18-22-26-31-28(30)25-21-17-14-12-11-13-16-20-24-27(29)23-19-8-6-4-2/h27,29H,3-26H2,1-2H3. The van der Waals surface area contributed by atoms with Gasteiger partial charge in [0, 0.05) is 6.42 Å². The lowest BCUT2D eigenvalue weighted by Crippen LogP contribution is -2.06. The van der Waals surface area contributed by atoms with Crippen molar-refractivity contribution in [1.82, 2.24) is 0 Å². The van der Waals surface area contributed by atoms with Crippen LogP contribution in [0.15, 0.2) is 0 Å². The molecule has 1 N–H and O–H groups in total. The number of rotatable bonds is 25. The molecule has 1 unspecified atom stereocenters. The summed E-state index contributed by atoms with van der Waals surface area (Å²) < 4.78 is 5.36. The van der Waals surface area contributed by atoms with Gasteiger partial charge in [-0.3, -0.25) is 4.79 Å². The third-order valence-electron chi connectivity index (χ3n) is 6.32. The molecule has 0 heterocycles. The van der Waals surface area contributed by atoms with Crippen molar-refractivity contribution in [3.05, 3.63) is 0 Å². The van der Waals surface area contributed by atoms with Crippen LogP contribution in [0.2, 0.25) is 0 Å². The lowest BCUT2D eigenvalue weighted by Gasteiger charge is -2.10. The Morgan fingerprint density at radius 2 is 0.968 bits per heavy atom. The number of hydrogen-bond donors (Lipinski definition) is 1. The van der Waals surface area contributed by atoms with Crippen LogP contribution in [0.5, 0.6) is 0 Å². The molecule has 0 saturated heterocycles. The molecular formula is C28H56O3. The van der Waals surface area contributed by atoms with Gasteiger partial charge in [0.2, 0.25) is 0 Å². The molecule has 0 aromatic heterocycles. The highest BCUT2D eigenvalue weighted by molar-refractivity contribution is 5.69. The van der Waals surface area contributed by atoms with Gasteiger partial charge in [-0.25, -0.2) is 0 Å². The summed E-state index contributed by atoms with van der Waals surface area (Å²) in [5.41, 5.74) is 0. The molecule has 0 rings (SSSR count). The maximum Gasteiger partial charge on any atom is 0.305 e. The fourth-order valence-electron chi connectivity index (χ4n) is 4.16. The maximum atomic E-state index is 11.8. The van der Waals surface area contributed by atoms with E-state index in [9.17, 15) is 9.90 Å². The fourth-order valence-corrected chi connectivity index (χ4v) is 4.16. The smallest absolute Gasteiger partial charge is 0.305 e. The summed E-state index contributed by atoms with van der Waals surface area (Å²) in [6.07, 6.45) is 27.3. The van der Waals surface area contributed by atoms with Crippen LogP contribution < -0.4 is 0 Å². The number of esters is 1. The molecule has 3 heteroatoms. The number of unbranched alkanes of at least 4 members (excludes halogenated alkanes) is 17. The molecule has 0 saturated carbocycles. The first-order valence-corrected chi connectivity index (χ1v) is 14.0. The van der Waals surface area contributed by atoms with E-state index in [2.05, 4.69) is 13.8 Å². The van der Waals surface area contributed by atoms with Crippen molar-refractivity contribution in [2.45, 2.75) is 168 Å². The van der Waals surface area contributed by atoms with E-state index >= 15 is 0 Å². The second-order valence-corrected chi connectivity index (χ2v) is 9.57. The molecule has 0 aliphatic heterocycles. The largest absolute Gasteiger partial charge is 0.466 e. The molecule has 0 fully saturated rings. The fraction of sp³-hybridized carbons (Fsp3) is 0.964. The Balaban J connectivity index is 3.21. The molecule has 31 heavy (non-hydrogen) atoms. The first-order valence-electron chi connectivity index (χ1n) is 14.0. The second kappa shape index (κ2) is 25.7. The van der Waals surface area contributed by atoms with E-state index in [0.717, 1.165) is 32.1 Å². The van der Waals surface area contributed by atoms with E-state index in [1.165, 1.54) is 109 Å². The van der Waals surface area contributed by atoms with Crippen molar-refractivity contribution >= 4 is 5.97 Å². The Hall–Kier alpha value is -0.570. The normalized spacial score (nSPS) is 12.2. The van der Waals surface area contributed by atoms with Gasteiger partial charge >= 0.3 is 5.97 Å². The molecule has 0 bridgehead atoms. The minimum absolute atomic E-state index is 0.00352. The summed E-state index contributed by atoms with van der Waals surface area (Å²) >= 11 is 0. The molecule has 1 atom stereocenters. The average molecular weight is 441 g/mol. The van der Waals surface area contributed by atoms with Crippen molar-refractivity contribution in [2.75, 3.05) is 6.61 Å². The molecule has 0 spiro atoms. The molecule has 0 amide bonds. The topological polar surface area (TPSA) is 46.5 Å². The highest BCUT2D eigenvalue weighted by Gasteiger charge is 2.04. The molecule has 0 aliphatic rings. The molecule has 186 valence electrons. The Morgan fingerprint density at radius 3 is 1.48 bits per heavy atom. The van der Waals surface area contributed by atoms with Crippen LogP contribution in [0.25, 0.3) is 0 Å². The molecule has 0 aromatic rings. The van der Waals surface area contributed by atoms with E-state index in [4.69, 9.17) is 4.74 Å². The van der Waals surface area contributed by atoms with Crippen LogP contribution in [0.1, 0.15) is 162 Å². The van der Waals surface area contributed by atoms with Crippen LogP contribution in [0.3, 0.4) is 0 Å². The van der Waals surface area contributed by atoms with E-state index in [1.54, 1.807) is 0 Å². The minimum atomic E-state index is -0.0767. The van der Waals surface area contributed by atoms with Crippen molar-refractivity contribution in [1.29, 1.82) is 0 Å². The Labute approximate surface area is 195 Å². The van der Waals surface area contributed by atoms with Crippen molar-refractivity contribution < 1.29 is 14.6 Å². The van der Waals surface area contributed by atoms with E-state index < -0.39 is 0 Å². The third-order valence-corrected chi connectivity index (χ3v) is 6.32. The van der Waals surface area contributed by atoms with Gasteiger partial charge in [0.15, 0.2) is 0 Å². The average Bonchev–Trinajstić information content (AvgIpc) is 2.76. The zero-order valence-electron chi connectivity index (χ0n) is 21.3. The third kappa shape index (κ3) is 25.6. The molecule has 0 aliphatic carbocycles. The SMILES string of the molecule is CCCCCCCCCCOC(=O)CCCCCCCCCCC(O)CCCCCC. The number of carbonyl (C=O) groups is 1. The predicted molar refractivity (Wildman–Crippen MR) is 135 cm³/mol. The summed E-state index contributed by atoms with van der Waals surface area (Å²) in [5.74, 6) is -0.00352. The van der Waals surface area contributed by atoms with Crippen LogP contribution in [-0.4, -0.2) is 23.8 Å². The van der Waals surface area contributed by atoms with Crippen LogP contribution in [0, 0.1) is 0 Å². The predicted octanol–water partition coefficient (Wildman–Crippen LogP) is 8.90. The number of ether oxygens (including phenoxy) is 1. The first-order chi connectivity index (χ1) is 15.2. The maximum absolute atomic E-state index is 11.8. The lowest BCUT2D eigenvalue weighted by atomic mass is 10.0. The number of carbonyl (C=O) groups excluding carboxylic acids is 1. The summed E-state index contributed by atoms with van der Waals surface area (Å²) in [6, 6.07) is 0. The highest BCUT2D eigenvalue weighted by atomic mass is 16.5. The number of aliphatic hydroxyl groups excluding tert-OH is 1. The first kappa shape index (κ1) is 30.4. The summed E-state index contributed by atoms with van der Waals surface area (Å²) in [4.78, 5) is 11.8. The Kier molecular flexibility index (Phi) is 25.2. The van der Waals surface area contributed by atoms with Crippen molar-refractivity contribution in [3.8, 4) is 0 Å².